The number of carboxylic acids is 1. The van der Waals surface area contributed by atoms with Crippen LogP contribution < -0.4 is 0 Å². The maximum absolute atomic E-state index is 10.8. The zero-order valence-electron chi connectivity index (χ0n) is 11.2. The van der Waals surface area contributed by atoms with E-state index in [4.69, 9.17) is 5.11 Å². The van der Waals surface area contributed by atoms with Crippen LogP contribution in [0.2, 0.25) is 0 Å². The van der Waals surface area contributed by atoms with Crippen LogP contribution in [0.4, 0.5) is 0 Å². The molecular weight excluding hydrogens is 232 g/mol. The van der Waals surface area contributed by atoms with E-state index in [2.05, 4.69) is 27.4 Å². The Bertz CT molecular complexity index is 366. The number of hydrogen-bond acceptors (Lipinski definition) is 2. The molecule has 1 rings (SSSR count). The fourth-order valence-electron chi connectivity index (χ4n) is 2.33. The Morgan fingerprint density at radius 3 is 2.59 bits per heavy atom. The molecule has 1 atom stereocenters. The molecule has 1 N–H and O–H groups in total. The Morgan fingerprint density at radius 2 is 2.12 bits per heavy atom. The van der Waals surface area contributed by atoms with Crippen molar-refractivity contribution in [3.63, 3.8) is 0 Å². The van der Waals surface area contributed by atoms with Gasteiger partial charge in [0.05, 0.1) is 5.92 Å². The molecule has 1 unspecified atom stereocenters. The van der Waals surface area contributed by atoms with Crippen molar-refractivity contribution in [1.29, 1.82) is 0 Å². The van der Waals surface area contributed by atoms with Crippen LogP contribution in [0.3, 0.4) is 0 Å². The van der Waals surface area contributed by atoms with Crippen LogP contribution in [0, 0.1) is 11.3 Å². The van der Waals surface area contributed by atoms with Crippen LogP contribution in [0.25, 0.3) is 0 Å². The van der Waals surface area contributed by atoms with Crippen LogP contribution in [0.5, 0.6) is 0 Å². The van der Waals surface area contributed by atoms with Crippen LogP contribution in [0.15, 0.2) is 22.6 Å². The van der Waals surface area contributed by atoms with Gasteiger partial charge >= 0.3 is 5.97 Å². The highest BCUT2D eigenvalue weighted by atomic mass is 32.2. The monoisotopic (exact) mass is 254 g/mol. The minimum absolute atomic E-state index is 0.295. The molecule has 0 saturated heterocycles. The highest BCUT2D eigenvalue weighted by molar-refractivity contribution is 8.03. The molecule has 0 aromatic carbocycles. The average Bonchev–Trinajstić information content (AvgIpc) is 2.13. The molecule has 0 aliphatic heterocycles. The van der Waals surface area contributed by atoms with Gasteiger partial charge in [0.25, 0.3) is 0 Å². The van der Waals surface area contributed by atoms with Crippen molar-refractivity contribution < 1.29 is 9.90 Å². The highest BCUT2D eigenvalue weighted by Gasteiger charge is 2.28. The zero-order chi connectivity index (χ0) is 13.2. The number of carbonyl (C=O) groups is 1. The summed E-state index contributed by atoms with van der Waals surface area (Å²) < 4.78 is 0. The second-order valence-corrected chi connectivity index (χ2v) is 6.81. The third kappa shape index (κ3) is 3.91. The molecule has 0 fully saturated rings. The van der Waals surface area contributed by atoms with Crippen molar-refractivity contribution in [1.82, 2.24) is 0 Å². The molecule has 17 heavy (non-hydrogen) atoms. The largest absolute Gasteiger partial charge is 0.481 e. The van der Waals surface area contributed by atoms with E-state index in [0.29, 0.717) is 11.2 Å². The van der Waals surface area contributed by atoms with Crippen LogP contribution in [-0.2, 0) is 4.79 Å². The first-order valence-electron chi connectivity index (χ1n) is 5.96. The van der Waals surface area contributed by atoms with Crippen LogP contribution in [0.1, 0.15) is 40.5 Å². The average molecular weight is 254 g/mol. The maximum Gasteiger partial charge on any atom is 0.307 e. The van der Waals surface area contributed by atoms with E-state index in [1.807, 2.05) is 0 Å². The van der Waals surface area contributed by atoms with E-state index in [9.17, 15) is 4.79 Å². The quantitative estimate of drug-likeness (QED) is 0.821. The molecule has 2 nitrogen and oxygen atoms in total. The number of rotatable bonds is 4. The fourth-order valence-corrected chi connectivity index (χ4v) is 3.48. The predicted octanol–water partition coefficient (Wildman–Crippen LogP) is 4.09. The van der Waals surface area contributed by atoms with Gasteiger partial charge in [0.2, 0.25) is 0 Å². The SMILES string of the molecule is C=C1CC(C)(C)CC(C)=C1SCC(C)C(=O)O. The summed E-state index contributed by atoms with van der Waals surface area (Å²) in [7, 11) is 0. The second kappa shape index (κ2) is 5.30. The van der Waals surface area contributed by atoms with Gasteiger partial charge in [-0.05, 0) is 30.8 Å². The topological polar surface area (TPSA) is 37.3 Å². The summed E-state index contributed by atoms with van der Waals surface area (Å²) in [5.74, 6) is -0.401. The summed E-state index contributed by atoms with van der Waals surface area (Å²) in [5.41, 5.74) is 2.82. The molecule has 96 valence electrons. The number of hydrogen-bond donors (Lipinski definition) is 1. The Labute approximate surface area is 108 Å². The molecule has 0 aromatic heterocycles. The van der Waals surface area contributed by atoms with Gasteiger partial charge in [-0.25, -0.2) is 0 Å². The normalized spacial score (nSPS) is 21.5. The first kappa shape index (κ1) is 14.4. The van der Waals surface area contributed by atoms with Crippen molar-refractivity contribution in [3.05, 3.63) is 22.6 Å². The minimum atomic E-state index is -0.725. The van der Waals surface area contributed by atoms with E-state index in [1.54, 1.807) is 18.7 Å². The molecule has 0 radical (unpaired) electrons. The van der Waals surface area contributed by atoms with Gasteiger partial charge < -0.3 is 5.11 Å². The fraction of sp³-hybridized carbons (Fsp3) is 0.643. The van der Waals surface area contributed by atoms with Gasteiger partial charge in [-0.3, -0.25) is 4.79 Å². The summed E-state index contributed by atoms with van der Waals surface area (Å²) >= 11 is 1.65. The molecule has 0 aromatic rings. The van der Waals surface area contributed by atoms with E-state index in [0.717, 1.165) is 12.8 Å². The molecule has 0 bridgehead atoms. The van der Waals surface area contributed by atoms with Crippen molar-refractivity contribution in [2.24, 2.45) is 11.3 Å². The van der Waals surface area contributed by atoms with Gasteiger partial charge in [-0.2, -0.15) is 0 Å². The Balaban J connectivity index is 2.70. The van der Waals surface area contributed by atoms with Crippen molar-refractivity contribution in [2.45, 2.75) is 40.5 Å². The van der Waals surface area contributed by atoms with Gasteiger partial charge in [0.15, 0.2) is 0 Å². The first-order valence-corrected chi connectivity index (χ1v) is 6.95. The number of carboxylic acid groups (broad SMARTS) is 1. The van der Waals surface area contributed by atoms with Gasteiger partial charge in [-0.1, -0.05) is 32.9 Å². The summed E-state index contributed by atoms with van der Waals surface area (Å²) in [6.07, 6.45) is 2.09. The highest BCUT2D eigenvalue weighted by Crippen LogP contribution is 2.45. The molecule has 0 heterocycles. The summed E-state index contributed by atoms with van der Waals surface area (Å²) in [4.78, 5) is 12.0. The molecule has 3 heteroatoms. The van der Waals surface area contributed by atoms with E-state index >= 15 is 0 Å². The lowest BCUT2D eigenvalue weighted by Gasteiger charge is -2.33. The Hall–Kier alpha value is -0.700. The smallest absolute Gasteiger partial charge is 0.307 e. The lowest BCUT2D eigenvalue weighted by molar-refractivity contribution is -0.140. The number of aliphatic carboxylic acids is 1. The van der Waals surface area contributed by atoms with E-state index in [-0.39, 0.29) is 5.92 Å². The first-order chi connectivity index (χ1) is 7.73. The van der Waals surface area contributed by atoms with Gasteiger partial charge in [0.1, 0.15) is 0 Å². The van der Waals surface area contributed by atoms with Gasteiger partial charge in [0, 0.05) is 10.7 Å². The molecule has 0 spiro atoms. The standard InChI is InChI=1S/C14H22O2S/c1-9-6-14(4,5)7-10(2)12(9)17-8-11(3)13(15)16/h11H,1,6-8H2,2-5H3,(H,15,16). The third-order valence-electron chi connectivity index (χ3n) is 3.04. The number of thioether (sulfide) groups is 1. The van der Waals surface area contributed by atoms with E-state index in [1.165, 1.54) is 16.1 Å². The molecule has 1 aliphatic rings. The van der Waals surface area contributed by atoms with Crippen LogP contribution in [-0.4, -0.2) is 16.8 Å². The maximum atomic E-state index is 10.8. The van der Waals surface area contributed by atoms with Crippen LogP contribution >= 0.6 is 11.8 Å². The molecule has 0 amide bonds. The van der Waals surface area contributed by atoms with E-state index < -0.39 is 5.97 Å². The Morgan fingerprint density at radius 1 is 1.53 bits per heavy atom. The summed E-state index contributed by atoms with van der Waals surface area (Å²) in [6.45, 7) is 12.5. The van der Waals surface area contributed by atoms with Crippen molar-refractivity contribution in [2.75, 3.05) is 5.75 Å². The second-order valence-electron chi connectivity index (χ2n) is 5.78. The molecular formula is C14H22O2S. The van der Waals surface area contributed by atoms with Gasteiger partial charge in [-0.15, -0.1) is 11.8 Å². The molecule has 0 saturated carbocycles. The summed E-state index contributed by atoms with van der Waals surface area (Å²) in [5, 5.41) is 8.87. The lowest BCUT2D eigenvalue weighted by Crippen LogP contribution is -2.19. The third-order valence-corrected chi connectivity index (χ3v) is 4.64. The van der Waals surface area contributed by atoms with Crippen molar-refractivity contribution >= 4 is 17.7 Å². The zero-order valence-corrected chi connectivity index (χ0v) is 12.0. The number of allylic oxidation sites excluding steroid dienone is 2. The summed E-state index contributed by atoms with van der Waals surface area (Å²) in [6, 6.07) is 0. The molecule has 1 aliphatic carbocycles. The van der Waals surface area contributed by atoms with Crippen molar-refractivity contribution in [3.8, 4) is 0 Å². The lowest BCUT2D eigenvalue weighted by atomic mass is 9.76. The minimum Gasteiger partial charge on any atom is -0.481 e. The Kier molecular flexibility index (Phi) is 4.48. The predicted molar refractivity (Wildman–Crippen MR) is 74.1 cm³/mol.